The van der Waals surface area contributed by atoms with Crippen LogP contribution in [0.25, 0.3) is 10.9 Å². The maximum absolute atomic E-state index is 12.0. The minimum Gasteiger partial charge on any atom is -0.347 e. The van der Waals surface area contributed by atoms with Gasteiger partial charge in [-0.15, -0.1) is 0 Å². The highest BCUT2D eigenvalue weighted by molar-refractivity contribution is 5.97. The first kappa shape index (κ1) is 18.0. The zero-order valence-corrected chi connectivity index (χ0v) is 14.5. The van der Waals surface area contributed by atoms with Gasteiger partial charge in [0.05, 0.1) is 12.6 Å². The molecule has 0 bridgehead atoms. The predicted molar refractivity (Wildman–Crippen MR) is 96.7 cm³/mol. The third kappa shape index (κ3) is 4.35. The molecule has 1 atom stereocenters. The number of carbonyl (C=O) groups is 2. The Morgan fingerprint density at radius 1 is 1.25 bits per heavy atom. The summed E-state index contributed by atoms with van der Waals surface area (Å²) in [5.74, 6) is -0.554. The molecule has 6 heteroatoms. The highest BCUT2D eigenvalue weighted by Gasteiger charge is 2.17. The second-order valence-electron chi connectivity index (χ2n) is 6.32. The first-order valence-corrected chi connectivity index (χ1v) is 8.34. The van der Waals surface area contributed by atoms with Crippen LogP contribution < -0.4 is 16.4 Å². The molecule has 0 unspecified atom stereocenters. The SMILES string of the molecule is CCCn1ccc2cc(NC(=O)CNC(=O)[C@@H](N)C(C)C)ccc21. The van der Waals surface area contributed by atoms with E-state index >= 15 is 0 Å². The van der Waals surface area contributed by atoms with Gasteiger partial charge < -0.3 is 20.9 Å². The van der Waals surface area contributed by atoms with E-state index in [0.717, 1.165) is 23.9 Å². The predicted octanol–water partition coefficient (Wildman–Crippen LogP) is 2.09. The first-order chi connectivity index (χ1) is 11.4. The van der Waals surface area contributed by atoms with Crippen molar-refractivity contribution in [2.24, 2.45) is 11.7 Å². The molecule has 6 nitrogen and oxygen atoms in total. The fourth-order valence-corrected chi connectivity index (χ4v) is 2.51. The third-order valence-electron chi connectivity index (χ3n) is 3.96. The van der Waals surface area contributed by atoms with Crippen LogP contribution in [0.2, 0.25) is 0 Å². The number of carbonyl (C=O) groups excluding carboxylic acids is 2. The largest absolute Gasteiger partial charge is 0.347 e. The average molecular weight is 330 g/mol. The van der Waals surface area contributed by atoms with Crippen molar-refractivity contribution in [3.05, 3.63) is 30.5 Å². The van der Waals surface area contributed by atoms with Gasteiger partial charge in [-0.25, -0.2) is 0 Å². The van der Waals surface area contributed by atoms with E-state index in [1.54, 1.807) is 0 Å². The number of benzene rings is 1. The van der Waals surface area contributed by atoms with Crippen LogP contribution in [0.4, 0.5) is 5.69 Å². The Bertz CT molecular complexity index is 721. The highest BCUT2D eigenvalue weighted by atomic mass is 16.2. The van der Waals surface area contributed by atoms with Gasteiger partial charge in [0.1, 0.15) is 0 Å². The number of fused-ring (bicyclic) bond motifs is 1. The highest BCUT2D eigenvalue weighted by Crippen LogP contribution is 2.20. The Morgan fingerprint density at radius 3 is 2.67 bits per heavy atom. The number of hydrogen-bond acceptors (Lipinski definition) is 3. The molecular formula is C18H26N4O2. The first-order valence-electron chi connectivity index (χ1n) is 8.34. The van der Waals surface area contributed by atoms with E-state index in [-0.39, 0.29) is 24.3 Å². The van der Waals surface area contributed by atoms with E-state index in [1.807, 2.05) is 44.3 Å². The number of nitrogens with zero attached hydrogens (tertiary/aromatic N) is 1. The number of hydrogen-bond donors (Lipinski definition) is 3. The summed E-state index contributed by atoms with van der Waals surface area (Å²) in [6, 6.07) is 7.22. The molecule has 24 heavy (non-hydrogen) atoms. The van der Waals surface area contributed by atoms with Crippen LogP contribution >= 0.6 is 0 Å². The molecule has 0 aliphatic rings. The van der Waals surface area contributed by atoms with Crippen molar-refractivity contribution in [2.75, 3.05) is 11.9 Å². The topological polar surface area (TPSA) is 89.2 Å². The average Bonchev–Trinajstić information content (AvgIpc) is 2.94. The summed E-state index contributed by atoms with van der Waals surface area (Å²) in [5, 5.41) is 6.43. The van der Waals surface area contributed by atoms with E-state index < -0.39 is 6.04 Å². The van der Waals surface area contributed by atoms with Gasteiger partial charge >= 0.3 is 0 Å². The minimum absolute atomic E-state index is 0.0302. The van der Waals surface area contributed by atoms with E-state index in [4.69, 9.17) is 5.73 Å². The van der Waals surface area contributed by atoms with Gasteiger partial charge in [-0.1, -0.05) is 20.8 Å². The fourth-order valence-electron chi connectivity index (χ4n) is 2.51. The van der Waals surface area contributed by atoms with Crippen LogP contribution in [-0.4, -0.2) is 29.0 Å². The Labute approximate surface area is 142 Å². The lowest BCUT2D eigenvalue weighted by molar-refractivity contribution is -0.125. The molecule has 1 aromatic heterocycles. The van der Waals surface area contributed by atoms with Gasteiger partial charge in [0.2, 0.25) is 11.8 Å². The summed E-state index contributed by atoms with van der Waals surface area (Å²) in [6.45, 7) is 6.75. The van der Waals surface area contributed by atoms with Crippen molar-refractivity contribution < 1.29 is 9.59 Å². The number of aryl methyl sites for hydroxylation is 1. The van der Waals surface area contributed by atoms with Gasteiger partial charge in [-0.05, 0) is 36.6 Å². The van der Waals surface area contributed by atoms with Crippen LogP contribution in [0.3, 0.4) is 0 Å². The third-order valence-corrected chi connectivity index (χ3v) is 3.96. The van der Waals surface area contributed by atoms with Crippen molar-refractivity contribution in [3.8, 4) is 0 Å². The molecule has 0 saturated heterocycles. The molecule has 0 fully saturated rings. The molecular weight excluding hydrogens is 304 g/mol. The number of aromatic nitrogens is 1. The maximum Gasteiger partial charge on any atom is 0.243 e. The molecule has 0 aliphatic carbocycles. The molecule has 1 heterocycles. The van der Waals surface area contributed by atoms with Gasteiger partial charge in [0.25, 0.3) is 0 Å². The summed E-state index contributed by atoms with van der Waals surface area (Å²) >= 11 is 0. The van der Waals surface area contributed by atoms with Gasteiger partial charge in [-0.3, -0.25) is 9.59 Å². The molecule has 2 amide bonds. The van der Waals surface area contributed by atoms with Gasteiger partial charge in [0, 0.05) is 29.3 Å². The second-order valence-corrected chi connectivity index (χ2v) is 6.32. The number of rotatable bonds is 7. The van der Waals surface area contributed by atoms with Crippen LogP contribution in [0.5, 0.6) is 0 Å². The fraction of sp³-hybridized carbons (Fsp3) is 0.444. The Kier molecular flexibility index (Phi) is 5.98. The molecule has 0 spiro atoms. The summed E-state index contributed by atoms with van der Waals surface area (Å²) in [4.78, 5) is 23.7. The Hall–Kier alpha value is -2.34. The van der Waals surface area contributed by atoms with E-state index in [9.17, 15) is 9.59 Å². The van der Waals surface area contributed by atoms with Crippen molar-refractivity contribution in [1.29, 1.82) is 0 Å². The molecule has 2 rings (SSSR count). The van der Waals surface area contributed by atoms with Crippen LogP contribution in [-0.2, 0) is 16.1 Å². The zero-order valence-electron chi connectivity index (χ0n) is 14.5. The molecule has 1 aromatic carbocycles. The van der Waals surface area contributed by atoms with Crippen molar-refractivity contribution in [2.45, 2.75) is 39.8 Å². The summed E-state index contributed by atoms with van der Waals surface area (Å²) < 4.78 is 2.19. The molecule has 4 N–H and O–H groups in total. The lowest BCUT2D eigenvalue weighted by Crippen LogP contribution is -2.46. The van der Waals surface area contributed by atoms with Crippen LogP contribution in [0.1, 0.15) is 27.2 Å². The van der Waals surface area contributed by atoms with Crippen molar-refractivity contribution >= 4 is 28.4 Å². The van der Waals surface area contributed by atoms with E-state index in [0.29, 0.717) is 5.69 Å². The lowest BCUT2D eigenvalue weighted by Gasteiger charge is -2.15. The lowest BCUT2D eigenvalue weighted by atomic mass is 10.1. The summed E-state index contributed by atoms with van der Waals surface area (Å²) in [7, 11) is 0. The van der Waals surface area contributed by atoms with Gasteiger partial charge in [-0.2, -0.15) is 0 Å². The number of anilines is 1. The Morgan fingerprint density at radius 2 is 2.00 bits per heavy atom. The summed E-state index contributed by atoms with van der Waals surface area (Å²) in [6.07, 6.45) is 3.12. The maximum atomic E-state index is 12.0. The van der Waals surface area contributed by atoms with Crippen LogP contribution in [0, 0.1) is 5.92 Å². The standard InChI is InChI=1S/C18H26N4O2/c1-4-8-22-9-7-13-10-14(5-6-15(13)22)21-16(23)11-20-18(24)17(19)12(2)3/h5-7,9-10,12,17H,4,8,11,19H2,1-3H3,(H,20,24)(H,21,23)/t17-/m0/s1. The second kappa shape index (κ2) is 7.97. The number of nitrogens with two attached hydrogens (primary N) is 1. The van der Waals surface area contributed by atoms with Crippen molar-refractivity contribution in [1.82, 2.24) is 9.88 Å². The monoisotopic (exact) mass is 330 g/mol. The van der Waals surface area contributed by atoms with Crippen molar-refractivity contribution in [3.63, 3.8) is 0 Å². The molecule has 0 aliphatic heterocycles. The Balaban J connectivity index is 1.94. The summed E-state index contributed by atoms with van der Waals surface area (Å²) in [5.41, 5.74) is 7.60. The normalized spacial score (nSPS) is 12.4. The molecule has 2 aromatic rings. The van der Waals surface area contributed by atoms with Crippen LogP contribution in [0.15, 0.2) is 30.5 Å². The zero-order chi connectivity index (χ0) is 17.7. The van der Waals surface area contributed by atoms with E-state index in [2.05, 4.69) is 22.1 Å². The smallest absolute Gasteiger partial charge is 0.243 e. The van der Waals surface area contributed by atoms with E-state index in [1.165, 1.54) is 0 Å². The molecule has 0 radical (unpaired) electrons. The molecule has 130 valence electrons. The number of amides is 2. The number of nitrogens with one attached hydrogen (secondary N) is 2. The quantitative estimate of drug-likeness (QED) is 0.726. The minimum atomic E-state index is -0.604. The molecule has 0 saturated carbocycles. The van der Waals surface area contributed by atoms with Gasteiger partial charge in [0.15, 0.2) is 0 Å².